The van der Waals surface area contributed by atoms with Crippen molar-refractivity contribution in [1.29, 1.82) is 0 Å². The van der Waals surface area contributed by atoms with Gasteiger partial charge in [-0.05, 0) is 39.3 Å². The number of para-hydroxylation sites is 1. The van der Waals surface area contributed by atoms with Crippen LogP contribution in [0.3, 0.4) is 0 Å². The molecule has 0 saturated carbocycles. The summed E-state index contributed by atoms with van der Waals surface area (Å²) in [5.74, 6) is 0.589. The first-order chi connectivity index (χ1) is 15.7. The Labute approximate surface area is 194 Å². The molecule has 3 heterocycles. The minimum absolute atomic E-state index is 0.176. The maximum absolute atomic E-state index is 12.3. The van der Waals surface area contributed by atoms with E-state index >= 15 is 0 Å². The number of nitrogen functional groups attached to an aromatic ring is 1. The molecule has 174 valence electrons. The summed E-state index contributed by atoms with van der Waals surface area (Å²) in [7, 11) is 0. The molecule has 0 radical (unpaired) electrons. The van der Waals surface area contributed by atoms with Crippen LogP contribution < -0.4 is 15.2 Å². The van der Waals surface area contributed by atoms with Crippen molar-refractivity contribution >= 4 is 39.3 Å². The Morgan fingerprint density at radius 2 is 2.03 bits per heavy atom. The van der Waals surface area contributed by atoms with Gasteiger partial charge in [0.05, 0.1) is 12.0 Å². The maximum atomic E-state index is 12.3. The van der Waals surface area contributed by atoms with E-state index in [1.165, 1.54) is 11.3 Å². The van der Waals surface area contributed by atoms with E-state index in [1.807, 2.05) is 26.0 Å². The van der Waals surface area contributed by atoms with Crippen molar-refractivity contribution in [3.63, 3.8) is 0 Å². The third kappa shape index (κ3) is 4.70. The molecule has 0 atom stereocenters. The monoisotopic (exact) mass is 471 g/mol. The zero-order valence-corrected chi connectivity index (χ0v) is 19.7. The van der Waals surface area contributed by atoms with E-state index in [9.17, 15) is 9.59 Å². The van der Waals surface area contributed by atoms with Crippen LogP contribution in [-0.4, -0.2) is 40.7 Å². The van der Waals surface area contributed by atoms with E-state index in [2.05, 4.69) is 9.97 Å². The van der Waals surface area contributed by atoms with Crippen molar-refractivity contribution in [1.82, 2.24) is 9.97 Å². The average Bonchev–Trinajstić information content (AvgIpc) is 3.26. The van der Waals surface area contributed by atoms with Gasteiger partial charge in [0.15, 0.2) is 30.5 Å². The Bertz CT molecular complexity index is 1240. The van der Waals surface area contributed by atoms with Crippen molar-refractivity contribution < 1.29 is 28.5 Å². The van der Waals surface area contributed by atoms with Gasteiger partial charge in [-0.25, -0.2) is 19.6 Å². The predicted octanol–water partition coefficient (Wildman–Crippen LogP) is 3.59. The lowest BCUT2D eigenvalue weighted by Gasteiger charge is -2.18. The number of ether oxygens (including phenoxy) is 4. The van der Waals surface area contributed by atoms with Gasteiger partial charge in [-0.3, -0.25) is 0 Å². The molecule has 0 aliphatic carbocycles. The van der Waals surface area contributed by atoms with E-state index in [1.54, 1.807) is 19.9 Å². The lowest BCUT2D eigenvalue weighted by Crippen LogP contribution is -2.24. The largest absolute Gasteiger partial charge is 0.483 e. The molecule has 33 heavy (non-hydrogen) atoms. The molecule has 0 fully saturated rings. The van der Waals surface area contributed by atoms with Crippen molar-refractivity contribution in [3.05, 3.63) is 40.0 Å². The minimum Gasteiger partial charge on any atom is -0.483 e. The molecular weight excluding hydrogens is 446 g/mol. The summed E-state index contributed by atoms with van der Waals surface area (Å²) >= 11 is 1.17. The summed E-state index contributed by atoms with van der Waals surface area (Å²) in [6, 6.07) is 5.60. The van der Waals surface area contributed by atoms with Crippen molar-refractivity contribution in [2.24, 2.45) is 0 Å². The van der Waals surface area contributed by atoms with Crippen LogP contribution in [-0.2, 0) is 27.3 Å². The Morgan fingerprint density at radius 1 is 1.24 bits per heavy atom. The van der Waals surface area contributed by atoms with Gasteiger partial charge in [-0.1, -0.05) is 12.1 Å². The number of fused-ring (bicyclic) bond motifs is 2. The van der Waals surface area contributed by atoms with Gasteiger partial charge < -0.3 is 24.7 Å². The molecule has 10 heteroatoms. The summed E-state index contributed by atoms with van der Waals surface area (Å²) < 4.78 is 21.9. The van der Waals surface area contributed by atoms with Gasteiger partial charge in [0, 0.05) is 12.0 Å². The molecular formula is C23H25N3O6S. The zero-order chi connectivity index (χ0) is 23.8. The molecule has 0 spiro atoms. The third-order valence-electron chi connectivity index (χ3n) is 5.09. The van der Waals surface area contributed by atoms with Crippen LogP contribution in [0.4, 0.5) is 5.82 Å². The molecule has 1 aliphatic heterocycles. The molecule has 2 N–H and O–H groups in total. The summed E-state index contributed by atoms with van der Waals surface area (Å²) in [6.07, 6.45) is 0.769. The SMILES string of the molecule is CCOC(=O)c1sc2nc(COC(=O)COc3cccc4c3OC(C)(C)C4)nc(N)c2c1C. The first-order valence-corrected chi connectivity index (χ1v) is 11.3. The first kappa shape index (κ1) is 22.8. The number of anilines is 1. The molecule has 3 aromatic rings. The predicted molar refractivity (Wildman–Crippen MR) is 123 cm³/mol. The molecule has 0 unspecified atom stereocenters. The van der Waals surface area contributed by atoms with Gasteiger partial charge in [0.2, 0.25) is 0 Å². The number of esters is 2. The lowest BCUT2D eigenvalue weighted by atomic mass is 10.0. The molecule has 1 aliphatic rings. The number of aromatic nitrogens is 2. The highest BCUT2D eigenvalue weighted by atomic mass is 32.1. The highest BCUT2D eigenvalue weighted by molar-refractivity contribution is 7.20. The van der Waals surface area contributed by atoms with Crippen LogP contribution in [0.1, 0.15) is 47.4 Å². The number of benzene rings is 1. The number of thiophene rings is 1. The summed E-state index contributed by atoms with van der Waals surface area (Å²) in [4.78, 5) is 34.0. The van der Waals surface area contributed by atoms with Gasteiger partial charge >= 0.3 is 11.9 Å². The molecule has 9 nitrogen and oxygen atoms in total. The Kier molecular flexibility index (Phi) is 6.11. The fourth-order valence-corrected chi connectivity index (χ4v) is 4.80. The minimum atomic E-state index is -0.582. The van der Waals surface area contributed by atoms with Crippen LogP contribution in [0.5, 0.6) is 11.5 Å². The second kappa shape index (κ2) is 8.86. The van der Waals surface area contributed by atoms with Crippen LogP contribution in [0.2, 0.25) is 0 Å². The Morgan fingerprint density at radius 3 is 2.79 bits per heavy atom. The molecule has 2 aromatic heterocycles. The van der Waals surface area contributed by atoms with E-state index < -0.39 is 11.9 Å². The molecule has 1 aromatic carbocycles. The van der Waals surface area contributed by atoms with Crippen LogP contribution in [0.25, 0.3) is 10.2 Å². The number of carbonyl (C=O) groups is 2. The number of hydrogen-bond donors (Lipinski definition) is 1. The van der Waals surface area contributed by atoms with Gasteiger partial charge in [0.1, 0.15) is 21.1 Å². The molecule has 4 rings (SSSR count). The smallest absolute Gasteiger partial charge is 0.348 e. The van der Waals surface area contributed by atoms with E-state index in [-0.39, 0.29) is 37.1 Å². The highest BCUT2D eigenvalue weighted by Crippen LogP contribution is 2.41. The third-order valence-corrected chi connectivity index (χ3v) is 6.25. The van der Waals surface area contributed by atoms with Gasteiger partial charge in [0.25, 0.3) is 0 Å². The number of nitrogens with two attached hydrogens (primary N) is 1. The number of hydrogen-bond acceptors (Lipinski definition) is 10. The number of nitrogens with zero attached hydrogens (tertiary/aromatic N) is 2. The molecule has 0 bridgehead atoms. The van der Waals surface area contributed by atoms with Crippen molar-refractivity contribution in [2.75, 3.05) is 18.9 Å². The summed E-state index contributed by atoms with van der Waals surface area (Å²) in [6.45, 7) is 7.31. The molecule has 0 amide bonds. The fraction of sp³-hybridized carbons (Fsp3) is 0.391. The maximum Gasteiger partial charge on any atom is 0.348 e. The summed E-state index contributed by atoms with van der Waals surface area (Å²) in [5.41, 5.74) is 7.48. The quantitative estimate of drug-likeness (QED) is 0.515. The summed E-state index contributed by atoms with van der Waals surface area (Å²) in [5, 5.41) is 0.599. The Balaban J connectivity index is 1.40. The first-order valence-electron chi connectivity index (χ1n) is 10.5. The Hall–Kier alpha value is -3.40. The number of aryl methyl sites for hydroxylation is 1. The topological polar surface area (TPSA) is 123 Å². The highest BCUT2D eigenvalue weighted by Gasteiger charge is 2.32. The van der Waals surface area contributed by atoms with E-state index in [0.29, 0.717) is 32.2 Å². The number of rotatable bonds is 7. The van der Waals surface area contributed by atoms with Crippen molar-refractivity contribution in [2.45, 2.75) is 46.3 Å². The van der Waals surface area contributed by atoms with E-state index in [4.69, 9.17) is 24.7 Å². The van der Waals surface area contributed by atoms with Crippen LogP contribution in [0, 0.1) is 6.92 Å². The van der Waals surface area contributed by atoms with Crippen LogP contribution in [0.15, 0.2) is 18.2 Å². The lowest BCUT2D eigenvalue weighted by molar-refractivity contribution is -0.147. The fourth-order valence-electron chi connectivity index (χ4n) is 3.70. The standard InChI is InChI=1S/C23H25N3O6S/c1-5-29-22(28)19-12(2)17-20(24)25-15(26-21(17)33-19)10-31-16(27)11-30-14-8-6-7-13-9-23(3,4)32-18(13)14/h6-8H,5,9-11H2,1-4H3,(H2,24,25,26). The normalized spacial score (nSPS) is 13.9. The van der Waals surface area contributed by atoms with Gasteiger partial charge in [-0.2, -0.15) is 0 Å². The van der Waals surface area contributed by atoms with Crippen LogP contribution >= 0.6 is 11.3 Å². The van der Waals surface area contributed by atoms with Gasteiger partial charge in [-0.15, -0.1) is 11.3 Å². The number of carbonyl (C=O) groups excluding carboxylic acids is 2. The molecule has 0 saturated heterocycles. The van der Waals surface area contributed by atoms with E-state index in [0.717, 1.165) is 12.0 Å². The zero-order valence-electron chi connectivity index (χ0n) is 18.9. The van der Waals surface area contributed by atoms with Crippen molar-refractivity contribution in [3.8, 4) is 11.5 Å². The average molecular weight is 472 g/mol. The second-order valence-electron chi connectivity index (χ2n) is 8.21. The second-order valence-corrected chi connectivity index (χ2v) is 9.21.